The minimum absolute atomic E-state index is 0.489. The largest absolute Gasteiger partial charge is 0.281 e. The lowest BCUT2D eigenvalue weighted by molar-refractivity contribution is 0.268. The summed E-state index contributed by atoms with van der Waals surface area (Å²) in [6, 6.07) is 0. The van der Waals surface area contributed by atoms with Crippen LogP contribution in [-0.4, -0.2) is 44.2 Å². The van der Waals surface area contributed by atoms with E-state index in [9.17, 15) is 8.42 Å². The summed E-state index contributed by atoms with van der Waals surface area (Å²) in [6.45, 7) is 3.43. The number of nitrogens with zero attached hydrogens (tertiary/aromatic N) is 2. The molecule has 1 rings (SSSR count). The monoisotopic (exact) mass is 206 g/mol. The van der Waals surface area contributed by atoms with E-state index < -0.39 is 10.2 Å². The summed E-state index contributed by atoms with van der Waals surface area (Å²) >= 11 is 0. The van der Waals surface area contributed by atoms with E-state index in [1.54, 1.807) is 18.4 Å². The smallest absolute Gasteiger partial charge is 0.195 e. The first-order valence-corrected chi connectivity index (χ1v) is 6.02. The van der Waals surface area contributed by atoms with Crippen molar-refractivity contribution in [3.63, 3.8) is 0 Å². The van der Waals surface area contributed by atoms with E-state index in [4.69, 9.17) is 0 Å². The SMILES string of the molecule is C[C@H]1CCCN(S(=O)(=O)N(C)C)C1. The van der Waals surface area contributed by atoms with Crippen molar-refractivity contribution in [2.75, 3.05) is 27.2 Å². The number of rotatable bonds is 2. The summed E-state index contributed by atoms with van der Waals surface area (Å²) in [5.41, 5.74) is 0. The standard InChI is InChI=1S/C8H18N2O2S/c1-8-5-4-6-10(7-8)13(11,12)9(2)3/h8H,4-7H2,1-3H3/t8-/m0/s1. The maximum atomic E-state index is 11.7. The Morgan fingerprint density at radius 3 is 2.46 bits per heavy atom. The van der Waals surface area contributed by atoms with E-state index in [0.29, 0.717) is 19.0 Å². The first kappa shape index (κ1) is 10.9. The molecule has 0 N–H and O–H groups in total. The van der Waals surface area contributed by atoms with Crippen molar-refractivity contribution in [3.8, 4) is 0 Å². The zero-order valence-corrected chi connectivity index (χ0v) is 9.34. The predicted molar refractivity (Wildman–Crippen MR) is 52.6 cm³/mol. The summed E-state index contributed by atoms with van der Waals surface area (Å²) in [6.07, 6.45) is 2.12. The highest BCUT2D eigenvalue weighted by atomic mass is 32.2. The molecule has 0 bridgehead atoms. The van der Waals surface area contributed by atoms with E-state index in [-0.39, 0.29) is 0 Å². The van der Waals surface area contributed by atoms with Gasteiger partial charge in [0.25, 0.3) is 10.2 Å². The number of hydrogen-bond donors (Lipinski definition) is 0. The molecule has 1 aliphatic rings. The van der Waals surface area contributed by atoms with Crippen LogP contribution in [0.3, 0.4) is 0 Å². The molecule has 0 saturated carbocycles. The van der Waals surface area contributed by atoms with Gasteiger partial charge in [-0.2, -0.15) is 17.0 Å². The van der Waals surface area contributed by atoms with Gasteiger partial charge in [-0.05, 0) is 18.8 Å². The predicted octanol–water partition coefficient (Wildman–Crippen LogP) is 0.525. The first-order chi connectivity index (χ1) is 5.94. The third-order valence-corrected chi connectivity index (χ3v) is 4.31. The van der Waals surface area contributed by atoms with Gasteiger partial charge in [-0.3, -0.25) is 0 Å². The Hall–Kier alpha value is -0.130. The van der Waals surface area contributed by atoms with E-state index in [2.05, 4.69) is 6.92 Å². The summed E-state index contributed by atoms with van der Waals surface area (Å²) in [4.78, 5) is 0. The van der Waals surface area contributed by atoms with E-state index >= 15 is 0 Å². The summed E-state index contributed by atoms with van der Waals surface area (Å²) in [5, 5.41) is 0. The Morgan fingerprint density at radius 2 is 2.00 bits per heavy atom. The van der Waals surface area contributed by atoms with Gasteiger partial charge in [-0.1, -0.05) is 6.92 Å². The van der Waals surface area contributed by atoms with Crippen molar-refractivity contribution in [1.29, 1.82) is 0 Å². The maximum Gasteiger partial charge on any atom is 0.281 e. The van der Waals surface area contributed by atoms with Gasteiger partial charge < -0.3 is 0 Å². The molecular weight excluding hydrogens is 188 g/mol. The molecule has 1 heterocycles. The summed E-state index contributed by atoms with van der Waals surface area (Å²) < 4.78 is 26.2. The molecule has 1 aliphatic heterocycles. The van der Waals surface area contributed by atoms with Gasteiger partial charge in [0.1, 0.15) is 0 Å². The van der Waals surface area contributed by atoms with Crippen LogP contribution in [0.2, 0.25) is 0 Å². The fraction of sp³-hybridized carbons (Fsp3) is 1.00. The second-order valence-electron chi connectivity index (χ2n) is 3.90. The molecule has 78 valence electrons. The van der Waals surface area contributed by atoms with Crippen LogP contribution in [0.5, 0.6) is 0 Å². The maximum absolute atomic E-state index is 11.7. The quantitative estimate of drug-likeness (QED) is 0.661. The van der Waals surface area contributed by atoms with Gasteiger partial charge in [0.05, 0.1) is 0 Å². The Kier molecular flexibility index (Phi) is 3.32. The number of piperidine rings is 1. The van der Waals surface area contributed by atoms with Crippen molar-refractivity contribution in [1.82, 2.24) is 8.61 Å². The second kappa shape index (κ2) is 3.94. The van der Waals surface area contributed by atoms with Crippen molar-refractivity contribution in [2.24, 2.45) is 5.92 Å². The van der Waals surface area contributed by atoms with E-state index in [1.165, 1.54) is 4.31 Å². The van der Waals surface area contributed by atoms with Gasteiger partial charge in [0, 0.05) is 27.2 Å². The molecule has 0 aromatic carbocycles. The highest BCUT2D eigenvalue weighted by Gasteiger charge is 2.28. The molecule has 0 aliphatic carbocycles. The Bertz CT molecular complexity index is 261. The van der Waals surface area contributed by atoms with Crippen LogP contribution < -0.4 is 0 Å². The average Bonchev–Trinajstić information content (AvgIpc) is 2.04. The lowest BCUT2D eigenvalue weighted by Gasteiger charge is -2.31. The van der Waals surface area contributed by atoms with Crippen LogP contribution in [0.15, 0.2) is 0 Å². The lowest BCUT2D eigenvalue weighted by atomic mass is 10.0. The van der Waals surface area contributed by atoms with Gasteiger partial charge in [-0.25, -0.2) is 0 Å². The normalized spacial score (nSPS) is 26.6. The molecule has 1 atom stereocenters. The third kappa shape index (κ3) is 2.42. The van der Waals surface area contributed by atoms with Crippen LogP contribution in [0, 0.1) is 5.92 Å². The minimum atomic E-state index is -3.17. The molecule has 0 aromatic rings. The number of hydrogen-bond acceptors (Lipinski definition) is 2. The highest BCUT2D eigenvalue weighted by Crippen LogP contribution is 2.19. The van der Waals surface area contributed by atoms with E-state index in [0.717, 1.165) is 12.8 Å². The highest BCUT2D eigenvalue weighted by molar-refractivity contribution is 7.86. The first-order valence-electron chi connectivity index (χ1n) is 4.62. The van der Waals surface area contributed by atoms with Crippen molar-refractivity contribution < 1.29 is 8.42 Å². The van der Waals surface area contributed by atoms with Crippen LogP contribution in [-0.2, 0) is 10.2 Å². The minimum Gasteiger partial charge on any atom is -0.195 e. The summed E-state index contributed by atoms with van der Waals surface area (Å²) in [7, 11) is -0.0102. The molecule has 5 heteroatoms. The van der Waals surface area contributed by atoms with E-state index in [1.807, 2.05) is 0 Å². The van der Waals surface area contributed by atoms with Crippen LogP contribution in [0.25, 0.3) is 0 Å². The molecular formula is C8H18N2O2S. The molecule has 0 radical (unpaired) electrons. The molecule has 0 amide bonds. The molecule has 4 nitrogen and oxygen atoms in total. The topological polar surface area (TPSA) is 40.6 Å². The van der Waals surface area contributed by atoms with Gasteiger partial charge >= 0.3 is 0 Å². The Morgan fingerprint density at radius 1 is 1.38 bits per heavy atom. The van der Waals surface area contributed by atoms with Gasteiger partial charge in [0.15, 0.2) is 0 Å². The third-order valence-electron chi connectivity index (χ3n) is 2.41. The molecule has 13 heavy (non-hydrogen) atoms. The van der Waals surface area contributed by atoms with Crippen LogP contribution in [0.4, 0.5) is 0 Å². The Balaban J connectivity index is 2.71. The average molecular weight is 206 g/mol. The van der Waals surface area contributed by atoms with Gasteiger partial charge in [0.2, 0.25) is 0 Å². The fourth-order valence-corrected chi connectivity index (χ4v) is 2.85. The van der Waals surface area contributed by atoms with Crippen molar-refractivity contribution in [3.05, 3.63) is 0 Å². The molecule has 0 aromatic heterocycles. The van der Waals surface area contributed by atoms with Crippen molar-refractivity contribution in [2.45, 2.75) is 19.8 Å². The zero-order valence-electron chi connectivity index (χ0n) is 8.52. The van der Waals surface area contributed by atoms with Crippen LogP contribution in [0.1, 0.15) is 19.8 Å². The molecule has 0 spiro atoms. The zero-order chi connectivity index (χ0) is 10.1. The molecule has 0 unspecified atom stereocenters. The summed E-state index contributed by atoms with van der Waals surface area (Å²) in [5.74, 6) is 0.489. The Labute approximate surface area is 80.7 Å². The molecule has 1 saturated heterocycles. The van der Waals surface area contributed by atoms with Crippen molar-refractivity contribution >= 4 is 10.2 Å². The fourth-order valence-electron chi connectivity index (χ4n) is 1.59. The van der Waals surface area contributed by atoms with Crippen LogP contribution >= 0.6 is 0 Å². The molecule has 1 fully saturated rings. The second-order valence-corrected chi connectivity index (χ2v) is 6.04. The lowest BCUT2D eigenvalue weighted by Crippen LogP contribution is -2.44. The van der Waals surface area contributed by atoms with Gasteiger partial charge in [-0.15, -0.1) is 0 Å².